The molecule has 1 amide bonds. The smallest absolute Gasteiger partial charge is 0.270 e. The van der Waals surface area contributed by atoms with Crippen LogP contribution in [-0.2, 0) is 13.1 Å². The summed E-state index contributed by atoms with van der Waals surface area (Å²) in [7, 11) is 0. The summed E-state index contributed by atoms with van der Waals surface area (Å²) in [5.41, 5.74) is 3.44. The number of nitrogens with zero attached hydrogens (tertiary/aromatic N) is 3. The first-order valence-corrected chi connectivity index (χ1v) is 10.2. The van der Waals surface area contributed by atoms with Crippen LogP contribution in [0.3, 0.4) is 0 Å². The number of fused-ring (bicyclic) bond motifs is 2. The van der Waals surface area contributed by atoms with Gasteiger partial charge in [-0.15, -0.1) is 11.3 Å². The van der Waals surface area contributed by atoms with Gasteiger partial charge in [0.25, 0.3) is 5.91 Å². The Bertz CT molecular complexity index is 923. The van der Waals surface area contributed by atoms with E-state index in [0.717, 1.165) is 54.0 Å². The summed E-state index contributed by atoms with van der Waals surface area (Å²) in [6.45, 7) is 2.04. The van der Waals surface area contributed by atoms with Crippen molar-refractivity contribution in [2.75, 3.05) is 6.54 Å². The number of aryl methyl sites for hydroxylation is 1. The van der Waals surface area contributed by atoms with E-state index in [4.69, 9.17) is 0 Å². The van der Waals surface area contributed by atoms with Crippen molar-refractivity contribution >= 4 is 27.5 Å². The number of aliphatic hydroxyl groups excluding tert-OH is 1. The van der Waals surface area contributed by atoms with E-state index in [1.807, 2.05) is 33.2 Å². The van der Waals surface area contributed by atoms with Crippen LogP contribution in [0.15, 0.2) is 23.6 Å². The number of hydrogen-bond acceptors (Lipinski definition) is 4. The maximum absolute atomic E-state index is 13.0. The van der Waals surface area contributed by atoms with Gasteiger partial charge in [0.1, 0.15) is 11.8 Å². The van der Waals surface area contributed by atoms with Gasteiger partial charge in [0, 0.05) is 13.1 Å². The lowest BCUT2D eigenvalue weighted by Gasteiger charge is -2.29. The minimum Gasteiger partial charge on any atom is -0.386 e. The van der Waals surface area contributed by atoms with Crippen LogP contribution < -0.4 is 0 Å². The number of aromatic nitrogens is 3. The zero-order valence-electron chi connectivity index (χ0n) is 14.5. The van der Waals surface area contributed by atoms with E-state index in [9.17, 15) is 9.90 Å². The molecule has 2 aliphatic rings. The molecule has 1 saturated carbocycles. The third-order valence-corrected chi connectivity index (χ3v) is 6.55. The molecule has 1 fully saturated rings. The molecule has 0 bridgehead atoms. The van der Waals surface area contributed by atoms with Gasteiger partial charge >= 0.3 is 0 Å². The van der Waals surface area contributed by atoms with E-state index >= 15 is 0 Å². The van der Waals surface area contributed by atoms with Gasteiger partial charge in [-0.1, -0.05) is 6.42 Å². The highest BCUT2D eigenvalue weighted by atomic mass is 32.1. The van der Waals surface area contributed by atoms with Crippen molar-refractivity contribution in [1.82, 2.24) is 19.7 Å². The van der Waals surface area contributed by atoms with Gasteiger partial charge < -0.3 is 15.0 Å². The lowest BCUT2D eigenvalue weighted by atomic mass is 9.80. The van der Waals surface area contributed by atoms with E-state index in [1.54, 1.807) is 11.3 Å². The summed E-state index contributed by atoms with van der Waals surface area (Å²) in [5.74, 6) is 0.378. The Hall–Kier alpha value is -2.12. The predicted octanol–water partition coefficient (Wildman–Crippen LogP) is 3.31. The molecular weight excluding hydrogens is 348 g/mol. The SMILES string of the molecule is O=C(c1cc2sccc2[nH]1)N1CCCn2nc([C@H](O)C3CCC3)cc2C1. The molecule has 26 heavy (non-hydrogen) atoms. The zero-order chi connectivity index (χ0) is 17.7. The number of carbonyl (C=O) groups excluding carboxylic acids is 1. The van der Waals surface area contributed by atoms with Crippen molar-refractivity contribution in [3.8, 4) is 0 Å². The minimum absolute atomic E-state index is 0.0316. The minimum atomic E-state index is -0.470. The average Bonchev–Trinajstić information content (AvgIpc) is 3.24. The van der Waals surface area contributed by atoms with Crippen LogP contribution in [0.4, 0.5) is 0 Å². The highest BCUT2D eigenvalue weighted by Crippen LogP contribution is 2.37. The molecular formula is C19H22N4O2S. The lowest BCUT2D eigenvalue weighted by Crippen LogP contribution is -2.31. The molecule has 0 saturated heterocycles. The number of carbonyl (C=O) groups is 1. The van der Waals surface area contributed by atoms with Gasteiger partial charge in [0.2, 0.25) is 0 Å². The van der Waals surface area contributed by atoms with Crippen molar-refractivity contribution in [2.45, 2.75) is 44.9 Å². The molecule has 4 heterocycles. The molecule has 7 heteroatoms. The van der Waals surface area contributed by atoms with Crippen molar-refractivity contribution in [1.29, 1.82) is 0 Å². The van der Waals surface area contributed by atoms with Crippen molar-refractivity contribution in [2.24, 2.45) is 5.92 Å². The third-order valence-electron chi connectivity index (χ3n) is 5.69. The summed E-state index contributed by atoms with van der Waals surface area (Å²) in [6.07, 6.45) is 3.76. The fourth-order valence-corrected chi connectivity index (χ4v) is 4.72. The van der Waals surface area contributed by atoms with Gasteiger partial charge in [-0.2, -0.15) is 5.10 Å². The second kappa shape index (κ2) is 6.25. The number of H-pyrrole nitrogens is 1. The second-order valence-corrected chi connectivity index (χ2v) is 8.33. The van der Waals surface area contributed by atoms with Crippen LogP contribution in [-0.4, -0.2) is 37.2 Å². The maximum Gasteiger partial charge on any atom is 0.270 e. The summed E-state index contributed by atoms with van der Waals surface area (Å²) in [6, 6.07) is 5.93. The largest absolute Gasteiger partial charge is 0.386 e. The number of nitrogens with one attached hydrogen (secondary N) is 1. The topological polar surface area (TPSA) is 74.2 Å². The van der Waals surface area contributed by atoms with Crippen molar-refractivity contribution in [3.05, 3.63) is 40.7 Å². The van der Waals surface area contributed by atoms with Crippen LogP contribution in [0.2, 0.25) is 0 Å². The summed E-state index contributed by atoms with van der Waals surface area (Å²) >= 11 is 1.64. The number of aromatic amines is 1. The molecule has 1 aliphatic heterocycles. The molecule has 0 radical (unpaired) electrons. The molecule has 2 N–H and O–H groups in total. The lowest BCUT2D eigenvalue weighted by molar-refractivity contribution is 0.0580. The number of rotatable bonds is 3. The standard InChI is InChI=1S/C19H22N4O2S/c24-18(12-3-1-4-12)15-9-13-11-22(6-2-7-23(13)21-15)19(25)16-10-17-14(20-16)5-8-26-17/h5,8-10,12,18,20,24H,1-4,6-7,11H2/t18-/m1/s1. The molecule has 1 aliphatic carbocycles. The predicted molar refractivity (Wildman–Crippen MR) is 100 cm³/mol. The summed E-state index contributed by atoms with van der Waals surface area (Å²) < 4.78 is 3.08. The zero-order valence-corrected chi connectivity index (χ0v) is 15.3. The van der Waals surface area contributed by atoms with Crippen LogP contribution in [0.25, 0.3) is 10.2 Å². The Balaban J connectivity index is 1.38. The van der Waals surface area contributed by atoms with Gasteiger partial charge in [-0.3, -0.25) is 9.48 Å². The fraction of sp³-hybridized carbons (Fsp3) is 0.474. The summed E-state index contributed by atoms with van der Waals surface area (Å²) in [4.78, 5) is 18.1. The summed E-state index contributed by atoms with van der Waals surface area (Å²) in [5, 5.41) is 17.2. The Morgan fingerprint density at radius 2 is 2.19 bits per heavy atom. The molecule has 136 valence electrons. The normalized spacial score (nSPS) is 19.2. The molecule has 6 nitrogen and oxygen atoms in total. The molecule has 0 aromatic carbocycles. The molecule has 3 aromatic rings. The first-order valence-electron chi connectivity index (χ1n) is 9.29. The maximum atomic E-state index is 13.0. The number of aliphatic hydroxyl groups is 1. The quantitative estimate of drug-likeness (QED) is 0.743. The number of amides is 1. The number of thiophene rings is 1. The first kappa shape index (κ1) is 16.1. The van der Waals surface area contributed by atoms with Crippen molar-refractivity contribution < 1.29 is 9.90 Å². The number of hydrogen-bond donors (Lipinski definition) is 2. The van der Waals surface area contributed by atoms with E-state index in [2.05, 4.69) is 10.1 Å². The van der Waals surface area contributed by atoms with Crippen molar-refractivity contribution in [3.63, 3.8) is 0 Å². The fourth-order valence-electron chi connectivity index (χ4n) is 3.93. The second-order valence-electron chi connectivity index (χ2n) is 7.38. The molecule has 0 spiro atoms. The van der Waals surface area contributed by atoms with Gasteiger partial charge in [-0.25, -0.2) is 0 Å². The Morgan fingerprint density at radius 3 is 2.96 bits per heavy atom. The van der Waals surface area contributed by atoms with E-state index < -0.39 is 6.10 Å². The van der Waals surface area contributed by atoms with Crippen LogP contribution in [0.1, 0.15) is 53.7 Å². The van der Waals surface area contributed by atoms with E-state index in [1.165, 1.54) is 6.42 Å². The van der Waals surface area contributed by atoms with Gasteiger partial charge in [0.05, 0.1) is 28.1 Å². The average molecular weight is 370 g/mol. The monoisotopic (exact) mass is 370 g/mol. The molecule has 3 aromatic heterocycles. The first-order chi connectivity index (χ1) is 12.7. The van der Waals surface area contributed by atoms with Crippen LogP contribution in [0.5, 0.6) is 0 Å². The van der Waals surface area contributed by atoms with E-state index in [-0.39, 0.29) is 5.91 Å². The van der Waals surface area contributed by atoms with Crippen LogP contribution in [0, 0.1) is 5.92 Å². The molecule has 1 atom stereocenters. The highest BCUT2D eigenvalue weighted by molar-refractivity contribution is 7.17. The third kappa shape index (κ3) is 2.66. The highest BCUT2D eigenvalue weighted by Gasteiger charge is 2.30. The van der Waals surface area contributed by atoms with E-state index in [0.29, 0.717) is 18.2 Å². The molecule has 5 rings (SSSR count). The Kier molecular flexibility index (Phi) is 3.86. The molecule has 0 unspecified atom stereocenters. The van der Waals surface area contributed by atoms with Crippen LogP contribution >= 0.6 is 11.3 Å². The Labute approximate surface area is 155 Å². The van der Waals surface area contributed by atoms with Gasteiger partial charge in [0.15, 0.2) is 0 Å². The van der Waals surface area contributed by atoms with Gasteiger partial charge in [-0.05, 0) is 48.8 Å². The Morgan fingerprint density at radius 1 is 1.31 bits per heavy atom.